The molecule has 0 amide bonds. The van der Waals surface area contributed by atoms with Gasteiger partial charge >= 0.3 is 0 Å². The molecule has 1 heterocycles. The van der Waals surface area contributed by atoms with Crippen molar-refractivity contribution in [1.29, 1.82) is 0 Å². The average molecular weight is 304 g/mol. The van der Waals surface area contributed by atoms with E-state index in [1.807, 2.05) is 18.2 Å². The van der Waals surface area contributed by atoms with Gasteiger partial charge in [-0.25, -0.2) is 0 Å². The van der Waals surface area contributed by atoms with Crippen molar-refractivity contribution in [3.63, 3.8) is 0 Å². The fourth-order valence-corrected chi connectivity index (χ4v) is 2.84. The number of fused-ring (bicyclic) bond motifs is 1. The smallest absolute Gasteiger partial charge is 0.138 e. The standard InChI is InChI=1S/C17H18ClNO2/c18-15-6-2-4-8-17(15)21-12-14(20)11-19-10-9-13-5-1-3-7-16(13)19/h1-8,14,20H,9-12H2. The molecule has 0 spiro atoms. The Morgan fingerprint density at radius 2 is 1.90 bits per heavy atom. The molecule has 4 heteroatoms. The van der Waals surface area contributed by atoms with Gasteiger partial charge in [0.25, 0.3) is 0 Å². The fraction of sp³-hybridized carbons (Fsp3) is 0.294. The fourth-order valence-electron chi connectivity index (χ4n) is 2.65. The number of nitrogens with zero attached hydrogens (tertiary/aromatic N) is 1. The van der Waals surface area contributed by atoms with Crippen LogP contribution in [-0.2, 0) is 6.42 Å². The summed E-state index contributed by atoms with van der Waals surface area (Å²) in [5.41, 5.74) is 2.56. The first-order valence-electron chi connectivity index (χ1n) is 7.12. The van der Waals surface area contributed by atoms with Crippen molar-refractivity contribution in [3.8, 4) is 5.75 Å². The lowest BCUT2D eigenvalue weighted by atomic mass is 10.2. The molecule has 2 aromatic carbocycles. The maximum Gasteiger partial charge on any atom is 0.138 e. The first-order chi connectivity index (χ1) is 10.2. The van der Waals surface area contributed by atoms with Gasteiger partial charge in [0.05, 0.1) is 5.02 Å². The Morgan fingerprint density at radius 1 is 1.14 bits per heavy atom. The van der Waals surface area contributed by atoms with Crippen molar-refractivity contribution in [1.82, 2.24) is 0 Å². The SMILES string of the molecule is OC(COc1ccccc1Cl)CN1CCc2ccccc21. The summed E-state index contributed by atoms with van der Waals surface area (Å²) in [7, 11) is 0. The number of anilines is 1. The second-order valence-corrected chi connectivity index (χ2v) is 5.63. The Kier molecular flexibility index (Phi) is 4.32. The van der Waals surface area contributed by atoms with E-state index in [2.05, 4.69) is 23.1 Å². The van der Waals surface area contributed by atoms with E-state index in [1.165, 1.54) is 11.3 Å². The number of halogens is 1. The van der Waals surface area contributed by atoms with E-state index in [0.717, 1.165) is 13.0 Å². The molecule has 21 heavy (non-hydrogen) atoms. The zero-order chi connectivity index (χ0) is 14.7. The maximum atomic E-state index is 10.2. The van der Waals surface area contributed by atoms with Crippen LogP contribution >= 0.6 is 11.6 Å². The van der Waals surface area contributed by atoms with E-state index in [-0.39, 0.29) is 6.61 Å². The van der Waals surface area contributed by atoms with Crippen LogP contribution in [0, 0.1) is 0 Å². The minimum absolute atomic E-state index is 0.238. The van der Waals surface area contributed by atoms with Gasteiger partial charge in [0, 0.05) is 18.8 Å². The van der Waals surface area contributed by atoms with Crippen molar-refractivity contribution in [2.24, 2.45) is 0 Å². The zero-order valence-electron chi connectivity index (χ0n) is 11.7. The van der Waals surface area contributed by atoms with Gasteiger partial charge in [-0.05, 0) is 30.2 Å². The van der Waals surface area contributed by atoms with E-state index < -0.39 is 6.10 Å². The van der Waals surface area contributed by atoms with Crippen LogP contribution in [-0.4, -0.2) is 30.9 Å². The van der Waals surface area contributed by atoms with Crippen LogP contribution in [0.4, 0.5) is 5.69 Å². The van der Waals surface area contributed by atoms with Crippen molar-refractivity contribution < 1.29 is 9.84 Å². The number of aliphatic hydroxyl groups excluding tert-OH is 1. The summed E-state index contributed by atoms with van der Waals surface area (Å²) in [6.45, 7) is 1.76. The van der Waals surface area contributed by atoms with Crippen LogP contribution in [0.25, 0.3) is 0 Å². The van der Waals surface area contributed by atoms with E-state index >= 15 is 0 Å². The molecule has 0 saturated heterocycles. The van der Waals surface area contributed by atoms with Gasteiger partial charge < -0.3 is 14.7 Å². The Labute approximate surface area is 129 Å². The highest BCUT2D eigenvalue weighted by Crippen LogP contribution is 2.27. The predicted octanol–water partition coefficient (Wildman–Crippen LogP) is 3.14. The molecule has 1 aliphatic rings. The van der Waals surface area contributed by atoms with Crippen molar-refractivity contribution in [3.05, 3.63) is 59.1 Å². The lowest BCUT2D eigenvalue weighted by molar-refractivity contribution is 0.112. The Balaban J connectivity index is 1.56. The highest BCUT2D eigenvalue weighted by atomic mass is 35.5. The molecule has 0 aromatic heterocycles. The maximum absolute atomic E-state index is 10.2. The number of hydrogen-bond acceptors (Lipinski definition) is 3. The van der Waals surface area contributed by atoms with Gasteiger partial charge in [0.1, 0.15) is 18.5 Å². The summed E-state index contributed by atoms with van der Waals surface area (Å²) in [6, 6.07) is 15.6. The number of benzene rings is 2. The van der Waals surface area contributed by atoms with Crippen LogP contribution in [0.2, 0.25) is 5.02 Å². The first-order valence-corrected chi connectivity index (χ1v) is 7.50. The van der Waals surface area contributed by atoms with Crippen LogP contribution < -0.4 is 9.64 Å². The molecule has 1 atom stereocenters. The van der Waals surface area contributed by atoms with Gasteiger partial charge in [-0.1, -0.05) is 41.9 Å². The second-order valence-electron chi connectivity index (χ2n) is 5.22. The predicted molar refractivity (Wildman–Crippen MR) is 85.3 cm³/mol. The topological polar surface area (TPSA) is 32.7 Å². The summed E-state index contributed by atoms with van der Waals surface area (Å²) in [5, 5.41) is 10.7. The normalized spacial score (nSPS) is 14.9. The van der Waals surface area contributed by atoms with Gasteiger partial charge in [-0.15, -0.1) is 0 Å². The molecule has 1 aliphatic heterocycles. The average Bonchev–Trinajstić information content (AvgIpc) is 2.90. The molecule has 0 radical (unpaired) electrons. The zero-order valence-corrected chi connectivity index (χ0v) is 12.5. The Bertz CT molecular complexity index is 617. The quantitative estimate of drug-likeness (QED) is 0.921. The molecule has 0 fully saturated rings. The van der Waals surface area contributed by atoms with E-state index in [9.17, 15) is 5.11 Å². The Morgan fingerprint density at radius 3 is 2.76 bits per heavy atom. The molecule has 0 aliphatic carbocycles. The number of rotatable bonds is 5. The number of aliphatic hydroxyl groups is 1. The molecular formula is C17H18ClNO2. The second kappa shape index (κ2) is 6.37. The molecule has 1 N–H and O–H groups in total. The summed E-state index contributed by atoms with van der Waals surface area (Å²) < 4.78 is 5.59. The molecule has 3 nitrogen and oxygen atoms in total. The van der Waals surface area contributed by atoms with Gasteiger partial charge in [-0.2, -0.15) is 0 Å². The monoisotopic (exact) mass is 303 g/mol. The summed E-state index contributed by atoms with van der Waals surface area (Å²) in [4.78, 5) is 2.20. The Hall–Kier alpha value is -1.71. The van der Waals surface area contributed by atoms with Gasteiger partial charge in [0.2, 0.25) is 0 Å². The molecular weight excluding hydrogens is 286 g/mol. The van der Waals surface area contributed by atoms with Crippen molar-refractivity contribution in [2.75, 3.05) is 24.6 Å². The molecule has 110 valence electrons. The largest absolute Gasteiger partial charge is 0.489 e. The van der Waals surface area contributed by atoms with Gasteiger partial charge in [0.15, 0.2) is 0 Å². The molecule has 1 unspecified atom stereocenters. The summed E-state index contributed by atoms with van der Waals surface area (Å²) in [5.74, 6) is 0.611. The van der Waals surface area contributed by atoms with Crippen LogP contribution in [0.5, 0.6) is 5.75 Å². The van der Waals surface area contributed by atoms with Crippen LogP contribution in [0.3, 0.4) is 0 Å². The third-order valence-corrected chi connectivity index (χ3v) is 3.99. The summed E-state index contributed by atoms with van der Waals surface area (Å²) >= 11 is 6.03. The minimum Gasteiger partial charge on any atom is -0.489 e. The van der Waals surface area contributed by atoms with Crippen LogP contribution in [0.1, 0.15) is 5.56 Å². The lowest BCUT2D eigenvalue weighted by Gasteiger charge is -2.23. The van der Waals surface area contributed by atoms with Crippen LogP contribution in [0.15, 0.2) is 48.5 Å². The third-order valence-electron chi connectivity index (χ3n) is 3.68. The van der Waals surface area contributed by atoms with Gasteiger partial charge in [-0.3, -0.25) is 0 Å². The highest BCUT2D eigenvalue weighted by molar-refractivity contribution is 6.32. The third kappa shape index (κ3) is 3.31. The first kappa shape index (κ1) is 14.2. The number of ether oxygens (including phenoxy) is 1. The number of β-amino-alcohol motifs (C(OH)–C–C–N with tert-alkyl or cyclic N) is 1. The molecule has 3 rings (SSSR count). The minimum atomic E-state index is -0.549. The number of hydrogen-bond donors (Lipinski definition) is 1. The molecule has 0 saturated carbocycles. The lowest BCUT2D eigenvalue weighted by Crippen LogP contribution is -2.34. The molecule has 0 bridgehead atoms. The van der Waals surface area contributed by atoms with E-state index in [1.54, 1.807) is 12.1 Å². The van der Waals surface area contributed by atoms with E-state index in [0.29, 0.717) is 17.3 Å². The highest BCUT2D eigenvalue weighted by Gasteiger charge is 2.21. The van der Waals surface area contributed by atoms with E-state index in [4.69, 9.17) is 16.3 Å². The molecule has 2 aromatic rings. The van der Waals surface area contributed by atoms with Crippen molar-refractivity contribution >= 4 is 17.3 Å². The number of para-hydroxylation sites is 2. The van der Waals surface area contributed by atoms with Crippen molar-refractivity contribution in [2.45, 2.75) is 12.5 Å². The summed E-state index contributed by atoms with van der Waals surface area (Å²) in [6.07, 6.45) is 0.487.